The van der Waals surface area contributed by atoms with Crippen molar-refractivity contribution in [2.75, 3.05) is 6.54 Å². The van der Waals surface area contributed by atoms with Crippen LogP contribution in [0.1, 0.15) is 30.6 Å². The highest BCUT2D eigenvalue weighted by molar-refractivity contribution is 5.19. The fourth-order valence-electron chi connectivity index (χ4n) is 2.03. The molecule has 0 fully saturated rings. The van der Waals surface area contributed by atoms with Crippen LogP contribution in [0.5, 0.6) is 0 Å². The molecule has 3 nitrogen and oxygen atoms in total. The molecule has 0 spiro atoms. The summed E-state index contributed by atoms with van der Waals surface area (Å²) in [5, 5.41) is 3.35. The Balaban J connectivity index is 2.36. The molecule has 0 aromatic carbocycles. The van der Waals surface area contributed by atoms with E-state index in [2.05, 4.69) is 28.7 Å². The zero-order valence-corrected chi connectivity index (χ0v) is 8.43. The van der Waals surface area contributed by atoms with Gasteiger partial charge < -0.3 is 9.88 Å². The predicted octanol–water partition coefficient (Wildman–Crippen LogP) is 1.25. The number of fused-ring (bicyclic) bond motifs is 1. The Hall–Kier alpha value is -0.830. The standard InChI is InChI=1S/C10H17N3/c1-3-6-13-8(2)12-9-7-11-5-4-10(9)13/h11H,3-7H2,1-2H3. The van der Waals surface area contributed by atoms with Crippen molar-refractivity contribution in [3.8, 4) is 0 Å². The van der Waals surface area contributed by atoms with E-state index in [-0.39, 0.29) is 0 Å². The molecule has 1 aliphatic rings. The van der Waals surface area contributed by atoms with Crippen LogP contribution in [0.3, 0.4) is 0 Å². The van der Waals surface area contributed by atoms with Crippen molar-refractivity contribution in [1.29, 1.82) is 0 Å². The third-order valence-corrected chi connectivity index (χ3v) is 2.62. The molecule has 1 aromatic heterocycles. The summed E-state index contributed by atoms with van der Waals surface area (Å²) in [7, 11) is 0. The SMILES string of the molecule is CCCn1c(C)nc2c1CCNC2. The summed E-state index contributed by atoms with van der Waals surface area (Å²) in [4.78, 5) is 4.57. The minimum Gasteiger partial charge on any atom is -0.332 e. The Morgan fingerprint density at radius 2 is 2.38 bits per heavy atom. The molecule has 0 unspecified atom stereocenters. The van der Waals surface area contributed by atoms with Crippen LogP contribution in [0.4, 0.5) is 0 Å². The molecule has 13 heavy (non-hydrogen) atoms. The first-order valence-electron chi connectivity index (χ1n) is 5.08. The molecule has 2 heterocycles. The summed E-state index contributed by atoms with van der Waals surface area (Å²) in [5.74, 6) is 1.18. The van der Waals surface area contributed by atoms with Crippen molar-refractivity contribution in [3.05, 3.63) is 17.2 Å². The highest BCUT2D eigenvalue weighted by Gasteiger charge is 2.16. The maximum Gasteiger partial charge on any atom is 0.106 e. The van der Waals surface area contributed by atoms with Gasteiger partial charge in [0.15, 0.2) is 0 Å². The minimum atomic E-state index is 0.951. The first kappa shape index (κ1) is 8.75. The van der Waals surface area contributed by atoms with E-state index in [4.69, 9.17) is 0 Å². The van der Waals surface area contributed by atoms with Crippen LogP contribution in [-0.4, -0.2) is 16.1 Å². The highest BCUT2D eigenvalue weighted by atomic mass is 15.1. The van der Waals surface area contributed by atoms with Gasteiger partial charge in [-0.15, -0.1) is 0 Å². The van der Waals surface area contributed by atoms with Gasteiger partial charge in [0, 0.05) is 31.7 Å². The van der Waals surface area contributed by atoms with E-state index in [0.29, 0.717) is 0 Å². The summed E-state index contributed by atoms with van der Waals surface area (Å²) in [6, 6.07) is 0. The fourth-order valence-corrected chi connectivity index (χ4v) is 2.03. The van der Waals surface area contributed by atoms with E-state index < -0.39 is 0 Å². The Bertz CT molecular complexity index is 301. The smallest absolute Gasteiger partial charge is 0.106 e. The van der Waals surface area contributed by atoms with Gasteiger partial charge in [0.25, 0.3) is 0 Å². The molecule has 0 aliphatic carbocycles. The summed E-state index contributed by atoms with van der Waals surface area (Å²) >= 11 is 0. The Morgan fingerprint density at radius 1 is 1.54 bits per heavy atom. The van der Waals surface area contributed by atoms with E-state index in [0.717, 1.165) is 26.1 Å². The number of imidazole rings is 1. The maximum absolute atomic E-state index is 4.57. The molecule has 2 rings (SSSR count). The molecule has 0 atom stereocenters. The quantitative estimate of drug-likeness (QED) is 0.740. The lowest BCUT2D eigenvalue weighted by Gasteiger charge is -2.15. The van der Waals surface area contributed by atoms with Gasteiger partial charge in [0.2, 0.25) is 0 Å². The second-order valence-electron chi connectivity index (χ2n) is 3.63. The van der Waals surface area contributed by atoms with Crippen molar-refractivity contribution in [2.45, 2.75) is 39.8 Å². The van der Waals surface area contributed by atoms with Gasteiger partial charge in [0.05, 0.1) is 5.69 Å². The van der Waals surface area contributed by atoms with Crippen molar-refractivity contribution in [2.24, 2.45) is 0 Å². The minimum absolute atomic E-state index is 0.951. The average molecular weight is 179 g/mol. The van der Waals surface area contributed by atoms with E-state index >= 15 is 0 Å². The van der Waals surface area contributed by atoms with E-state index in [1.807, 2.05) is 0 Å². The molecule has 0 saturated carbocycles. The average Bonchev–Trinajstić information content (AvgIpc) is 2.44. The van der Waals surface area contributed by atoms with E-state index in [9.17, 15) is 0 Å². The normalized spacial score (nSPS) is 15.8. The number of hydrogen-bond acceptors (Lipinski definition) is 2. The van der Waals surface area contributed by atoms with Gasteiger partial charge in [-0.3, -0.25) is 0 Å². The van der Waals surface area contributed by atoms with Crippen LogP contribution >= 0.6 is 0 Å². The third kappa shape index (κ3) is 1.48. The molecular formula is C10H17N3. The van der Waals surface area contributed by atoms with Gasteiger partial charge in [-0.05, 0) is 13.3 Å². The topological polar surface area (TPSA) is 29.9 Å². The lowest BCUT2D eigenvalue weighted by molar-refractivity contribution is 0.576. The fraction of sp³-hybridized carbons (Fsp3) is 0.700. The summed E-state index contributed by atoms with van der Waals surface area (Å²) < 4.78 is 2.37. The van der Waals surface area contributed by atoms with Gasteiger partial charge >= 0.3 is 0 Å². The van der Waals surface area contributed by atoms with Gasteiger partial charge in [-0.25, -0.2) is 4.98 Å². The largest absolute Gasteiger partial charge is 0.332 e. The molecule has 72 valence electrons. The Kier molecular flexibility index (Phi) is 2.36. The molecule has 3 heteroatoms. The molecule has 0 radical (unpaired) electrons. The Labute approximate surface area is 79.2 Å². The lowest BCUT2D eigenvalue weighted by Crippen LogP contribution is -2.25. The van der Waals surface area contributed by atoms with Crippen molar-refractivity contribution < 1.29 is 0 Å². The molecular weight excluding hydrogens is 162 g/mol. The first-order chi connectivity index (χ1) is 6.33. The number of rotatable bonds is 2. The number of aromatic nitrogens is 2. The zero-order chi connectivity index (χ0) is 9.26. The molecule has 1 aliphatic heterocycles. The van der Waals surface area contributed by atoms with Gasteiger partial charge in [0.1, 0.15) is 5.82 Å². The number of nitrogens with zero attached hydrogens (tertiary/aromatic N) is 2. The number of nitrogens with one attached hydrogen (secondary N) is 1. The van der Waals surface area contributed by atoms with E-state index in [1.54, 1.807) is 0 Å². The van der Waals surface area contributed by atoms with Crippen LogP contribution in [-0.2, 0) is 19.5 Å². The van der Waals surface area contributed by atoms with Crippen molar-refractivity contribution in [3.63, 3.8) is 0 Å². The van der Waals surface area contributed by atoms with Crippen molar-refractivity contribution in [1.82, 2.24) is 14.9 Å². The summed E-state index contributed by atoms with van der Waals surface area (Å²) in [6.45, 7) is 7.49. The molecule has 1 N–H and O–H groups in total. The second-order valence-corrected chi connectivity index (χ2v) is 3.63. The molecule has 1 aromatic rings. The first-order valence-corrected chi connectivity index (χ1v) is 5.08. The van der Waals surface area contributed by atoms with Crippen LogP contribution in [0.25, 0.3) is 0 Å². The Morgan fingerprint density at radius 3 is 3.15 bits per heavy atom. The van der Waals surface area contributed by atoms with Crippen LogP contribution in [0, 0.1) is 6.92 Å². The van der Waals surface area contributed by atoms with Crippen molar-refractivity contribution >= 4 is 0 Å². The lowest BCUT2D eigenvalue weighted by atomic mass is 10.2. The second kappa shape index (κ2) is 3.50. The van der Waals surface area contributed by atoms with Crippen LogP contribution in [0.15, 0.2) is 0 Å². The monoisotopic (exact) mass is 179 g/mol. The van der Waals surface area contributed by atoms with Crippen LogP contribution < -0.4 is 5.32 Å². The van der Waals surface area contributed by atoms with Crippen LogP contribution in [0.2, 0.25) is 0 Å². The van der Waals surface area contributed by atoms with Gasteiger partial charge in [-0.2, -0.15) is 0 Å². The number of aryl methyl sites for hydroxylation is 1. The zero-order valence-electron chi connectivity index (χ0n) is 8.43. The molecule has 0 amide bonds. The highest BCUT2D eigenvalue weighted by Crippen LogP contribution is 2.15. The number of hydrogen-bond donors (Lipinski definition) is 1. The molecule has 0 saturated heterocycles. The van der Waals surface area contributed by atoms with E-state index in [1.165, 1.54) is 23.6 Å². The summed E-state index contributed by atoms with van der Waals surface area (Å²) in [5.41, 5.74) is 2.72. The molecule has 0 bridgehead atoms. The van der Waals surface area contributed by atoms with Gasteiger partial charge in [-0.1, -0.05) is 6.92 Å². The predicted molar refractivity (Wildman–Crippen MR) is 52.7 cm³/mol. The summed E-state index contributed by atoms with van der Waals surface area (Å²) in [6.07, 6.45) is 2.33. The third-order valence-electron chi connectivity index (χ3n) is 2.62. The maximum atomic E-state index is 4.57.